The summed E-state index contributed by atoms with van der Waals surface area (Å²) in [7, 11) is 0. The molecule has 0 spiro atoms. The molecule has 0 aliphatic heterocycles. The molecule has 0 bridgehead atoms. The average molecular weight is 214 g/mol. The summed E-state index contributed by atoms with van der Waals surface area (Å²) in [4.78, 5) is 1.24. The van der Waals surface area contributed by atoms with Crippen LogP contribution in [0, 0.1) is 0 Å². The lowest BCUT2D eigenvalue weighted by atomic mass is 10.2. The van der Waals surface area contributed by atoms with Gasteiger partial charge in [0.2, 0.25) is 0 Å². The lowest BCUT2D eigenvalue weighted by molar-refractivity contribution is 0.0827. The minimum atomic E-state index is -0.259. The Bertz CT molecular complexity index is 221. The van der Waals surface area contributed by atoms with Crippen LogP contribution in [0.5, 0.6) is 0 Å². The summed E-state index contributed by atoms with van der Waals surface area (Å²) in [6, 6.07) is 4.07. The molecule has 0 saturated heterocycles. The van der Waals surface area contributed by atoms with Crippen molar-refractivity contribution < 1.29 is 9.84 Å². The van der Waals surface area contributed by atoms with Gasteiger partial charge in [-0.1, -0.05) is 13.0 Å². The number of hydrogen-bond acceptors (Lipinski definition) is 3. The summed E-state index contributed by atoms with van der Waals surface area (Å²) in [6.45, 7) is 3.55. The fourth-order valence-electron chi connectivity index (χ4n) is 1.23. The van der Waals surface area contributed by atoms with Crippen LogP contribution in [0.3, 0.4) is 0 Å². The van der Waals surface area contributed by atoms with E-state index in [1.807, 2.05) is 11.4 Å². The van der Waals surface area contributed by atoms with Crippen LogP contribution in [-0.2, 0) is 11.2 Å². The molecular weight excluding hydrogens is 196 g/mol. The quantitative estimate of drug-likeness (QED) is 0.707. The summed E-state index contributed by atoms with van der Waals surface area (Å²) in [5, 5.41) is 11.7. The Morgan fingerprint density at radius 1 is 1.50 bits per heavy atom. The number of ether oxygens (including phenoxy) is 1. The van der Waals surface area contributed by atoms with Gasteiger partial charge in [0.15, 0.2) is 0 Å². The zero-order valence-corrected chi connectivity index (χ0v) is 9.43. The van der Waals surface area contributed by atoms with Crippen LogP contribution < -0.4 is 0 Å². The molecule has 1 atom stereocenters. The molecule has 1 unspecified atom stereocenters. The molecule has 80 valence electrons. The maximum absolute atomic E-state index is 9.65. The molecule has 0 aliphatic rings. The monoisotopic (exact) mass is 214 g/mol. The molecular formula is C11H18O2S. The first kappa shape index (κ1) is 11.7. The van der Waals surface area contributed by atoms with Crippen molar-refractivity contribution in [2.24, 2.45) is 0 Å². The van der Waals surface area contributed by atoms with Crippen molar-refractivity contribution in [1.29, 1.82) is 0 Å². The predicted octanol–water partition coefficient (Wildman–Crippen LogP) is 2.47. The van der Waals surface area contributed by atoms with Crippen molar-refractivity contribution in [2.45, 2.75) is 32.3 Å². The molecule has 1 aromatic heterocycles. The highest BCUT2D eigenvalue weighted by molar-refractivity contribution is 7.09. The molecule has 1 N–H and O–H groups in total. The highest BCUT2D eigenvalue weighted by Crippen LogP contribution is 2.12. The topological polar surface area (TPSA) is 29.5 Å². The van der Waals surface area contributed by atoms with Crippen LogP contribution >= 0.6 is 11.3 Å². The highest BCUT2D eigenvalue weighted by atomic mass is 32.1. The van der Waals surface area contributed by atoms with Crippen LogP contribution in [0.4, 0.5) is 0 Å². The number of hydrogen-bond donors (Lipinski definition) is 1. The highest BCUT2D eigenvalue weighted by Gasteiger charge is 2.05. The lowest BCUT2D eigenvalue weighted by Crippen LogP contribution is -2.13. The first-order chi connectivity index (χ1) is 6.83. The van der Waals surface area contributed by atoms with E-state index in [1.54, 1.807) is 11.3 Å². The van der Waals surface area contributed by atoms with E-state index in [1.165, 1.54) is 4.88 Å². The predicted molar refractivity (Wildman–Crippen MR) is 59.8 cm³/mol. The van der Waals surface area contributed by atoms with Crippen molar-refractivity contribution in [1.82, 2.24) is 0 Å². The van der Waals surface area contributed by atoms with E-state index in [-0.39, 0.29) is 6.10 Å². The van der Waals surface area contributed by atoms with Crippen molar-refractivity contribution >= 4 is 11.3 Å². The Morgan fingerprint density at radius 2 is 2.36 bits per heavy atom. The molecule has 14 heavy (non-hydrogen) atoms. The van der Waals surface area contributed by atoms with E-state index in [0.717, 1.165) is 25.9 Å². The standard InChI is InChI=1S/C11H18O2S/c1-2-6-13-7-5-10(12)9-11-4-3-8-14-11/h3-4,8,10,12H,2,5-7,9H2,1H3. The Labute approximate surface area is 89.5 Å². The second kappa shape index (κ2) is 6.98. The number of aliphatic hydroxyl groups excluding tert-OH is 1. The maximum atomic E-state index is 9.65. The second-order valence-corrected chi connectivity index (χ2v) is 4.37. The fraction of sp³-hybridized carbons (Fsp3) is 0.636. The van der Waals surface area contributed by atoms with Gasteiger partial charge in [-0.2, -0.15) is 0 Å². The molecule has 0 radical (unpaired) electrons. The average Bonchev–Trinajstić information content (AvgIpc) is 2.65. The normalized spacial score (nSPS) is 13.0. The largest absolute Gasteiger partial charge is 0.393 e. The van der Waals surface area contributed by atoms with Gasteiger partial charge in [-0.05, 0) is 24.3 Å². The third-order valence-electron chi connectivity index (χ3n) is 1.96. The summed E-state index contributed by atoms with van der Waals surface area (Å²) >= 11 is 1.69. The molecule has 0 aliphatic carbocycles. The minimum Gasteiger partial charge on any atom is -0.393 e. The van der Waals surface area contributed by atoms with Gasteiger partial charge in [0.1, 0.15) is 0 Å². The van der Waals surface area contributed by atoms with E-state index >= 15 is 0 Å². The zero-order valence-electron chi connectivity index (χ0n) is 8.61. The Balaban J connectivity index is 2.07. The van der Waals surface area contributed by atoms with Gasteiger partial charge < -0.3 is 9.84 Å². The maximum Gasteiger partial charge on any atom is 0.0610 e. The second-order valence-electron chi connectivity index (χ2n) is 3.34. The first-order valence-corrected chi connectivity index (χ1v) is 5.99. The molecule has 0 fully saturated rings. The fourth-order valence-corrected chi connectivity index (χ4v) is 2.01. The Morgan fingerprint density at radius 3 is 3.00 bits per heavy atom. The van der Waals surface area contributed by atoms with E-state index in [0.29, 0.717) is 6.61 Å². The molecule has 1 rings (SSSR count). The molecule has 2 nitrogen and oxygen atoms in total. The molecule has 0 aromatic carbocycles. The summed E-state index contributed by atoms with van der Waals surface area (Å²) in [6.07, 6.45) is 2.28. The van der Waals surface area contributed by atoms with Crippen molar-refractivity contribution in [3.05, 3.63) is 22.4 Å². The number of aliphatic hydroxyl groups is 1. The van der Waals surface area contributed by atoms with Crippen LogP contribution in [0.15, 0.2) is 17.5 Å². The third kappa shape index (κ3) is 4.74. The molecule has 1 aromatic rings. The van der Waals surface area contributed by atoms with E-state index < -0.39 is 0 Å². The van der Waals surface area contributed by atoms with Gasteiger partial charge in [-0.25, -0.2) is 0 Å². The van der Waals surface area contributed by atoms with Gasteiger partial charge in [0, 0.05) is 24.5 Å². The Kier molecular flexibility index (Phi) is 5.83. The molecule has 3 heteroatoms. The summed E-state index contributed by atoms with van der Waals surface area (Å²) in [5.41, 5.74) is 0. The van der Waals surface area contributed by atoms with Gasteiger partial charge in [-0.15, -0.1) is 11.3 Å². The molecule has 1 heterocycles. The summed E-state index contributed by atoms with van der Waals surface area (Å²) < 4.78 is 5.32. The third-order valence-corrected chi connectivity index (χ3v) is 2.86. The smallest absolute Gasteiger partial charge is 0.0610 e. The number of rotatable bonds is 7. The van der Waals surface area contributed by atoms with Crippen LogP contribution in [-0.4, -0.2) is 24.4 Å². The Hall–Kier alpha value is -0.380. The van der Waals surface area contributed by atoms with Crippen LogP contribution in [0.25, 0.3) is 0 Å². The van der Waals surface area contributed by atoms with Crippen LogP contribution in [0.2, 0.25) is 0 Å². The molecule has 0 saturated carbocycles. The lowest BCUT2D eigenvalue weighted by Gasteiger charge is -2.09. The van der Waals surface area contributed by atoms with Crippen molar-refractivity contribution in [2.75, 3.05) is 13.2 Å². The van der Waals surface area contributed by atoms with E-state index in [4.69, 9.17) is 4.74 Å². The SMILES string of the molecule is CCCOCCC(O)Cc1cccs1. The van der Waals surface area contributed by atoms with Gasteiger partial charge >= 0.3 is 0 Å². The van der Waals surface area contributed by atoms with Crippen LogP contribution in [0.1, 0.15) is 24.6 Å². The molecule has 0 amide bonds. The van der Waals surface area contributed by atoms with Gasteiger partial charge in [-0.3, -0.25) is 0 Å². The minimum absolute atomic E-state index is 0.259. The van der Waals surface area contributed by atoms with Crippen molar-refractivity contribution in [3.8, 4) is 0 Å². The first-order valence-electron chi connectivity index (χ1n) is 5.11. The zero-order chi connectivity index (χ0) is 10.2. The van der Waals surface area contributed by atoms with Gasteiger partial charge in [0.25, 0.3) is 0 Å². The summed E-state index contributed by atoms with van der Waals surface area (Å²) in [5.74, 6) is 0. The van der Waals surface area contributed by atoms with Gasteiger partial charge in [0.05, 0.1) is 6.10 Å². The van der Waals surface area contributed by atoms with Crippen molar-refractivity contribution in [3.63, 3.8) is 0 Å². The van der Waals surface area contributed by atoms with E-state index in [9.17, 15) is 5.11 Å². The van der Waals surface area contributed by atoms with E-state index in [2.05, 4.69) is 13.0 Å². The number of thiophene rings is 1.